The molecule has 0 unspecified atom stereocenters. The van der Waals surface area contributed by atoms with Crippen LogP contribution in [-0.4, -0.2) is 25.7 Å². The number of hydrogen-bond donors (Lipinski definition) is 1. The largest absolute Gasteiger partial charge is 0.310 e. The lowest BCUT2D eigenvalue weighted by atomic mass is 10.2. The molecular formula is C16H19N3O2S2. The fourth-order valence-electron chi connectivity index (χ4n) is 1.95. The van der Waals surface area contributed by atoms with Gasteiger partial charge in [0, 0.05) is 24.4 Å². The number of aromatic nitrogens is 1. The number of sulfone groups is 1. The lowest BCUT2D eigenvalue weighted by molar-refractivity contribution is 0.590. The van der Waals surface area contributed by atoms with Gasteiger partial charge in [-0.15, -0.1) is 11.3 Å². The second kappa shape index (κ2) is 7.68. The Morgan fingerprint density at radius 2 is 2.00 bits per heavy atom. The summed E-state index contributed by atoms with van der Waals surface area (Å²) in [6, 6.07) is 7.96. The average molecular weight is 349 g/mol. The predicted molar refractivity (Wildman–Crippen MR) is 91.1 cm³/mol. The highest BCUT2D eigenvalue weighted by Gasteiger charge is 2.14. The molecule has 1 N–H and O–H groups in total. The first-order chi connectivity index (χ1) is 10.9. The van der Waals surface area contributed by atoms with E-state index in [-0.39, 0.29) is 10.6 Å². The normalized spacial score (nSPS) is 11.6. The van der Waals surface area contributed by atoms with E-state index in [1.54, 1.807) is 11.3 Å². The van der Waals surface area contributed by atoms with Crippen LogP contribution in [0.5, 0.6) is 0 Å². The Kier molecular flexibility index (Phi) is 5.88. The van der Waals surface area contributed by atoms with Crippen LogP contribution < -0.4 is 5.32 Å². The minimum absolute atomic E-state index is 0.0140. The van der Waals surface area contributed by atoms with Crippen molar-refractivity contribution in [3.63, 3.8) is 0 Å². The number of nitrogens with one attached hydrogen (secondary N) is 1. The second-order valence-electron chi connectivity index (χ2n) is 5.46. The van der Waals surface area contributed by atoms with Gasteiger partial charge in [-0.2, -0.15) is 5.26 Å². The van der Waals surface area contributed by atoms with Gasteiger partial charge in [-0.1, -0.05) is 13.8 Å². The third-order valence-electron chi connectivity index (χ3n) is 3.26. The standard InChI is InChI=1S/C16H19N3O2S2/c1-12(2)16-19-14(11-22-16)10-18-7-8-23(20,21)15-5-3-13(9-17)4-6-15/h3-6,11-12,18H,7-8,10H2,1-2H3. The molecule has 1 heterocycles. The Morgan fingerprint density at radius 3 is 2.57 bits per heavy atom. The van der Waals surface area contributed by atoms with Crippen LogP contribution in [0.1, 0.15) is 36.0 Å². The summed E-state index contributed by atoms with van der Waals surface area (Å²) in [4.78, 5) is 4.74. The van der Waals surface area contributed by atoms with Gasteiger partial charge in [0.2, 0.25) is 0 Å². The van der Waals surface area contributed by atoms with E-state index in [1.165, 1.54) is 24.3 Å². The smallest absolute Gasteiger partial charge is 0.179 e. The molecule has 5 nitrogen and oxygen atoms in total. The molecule has 7 heteroatoms. The highest BCUT2D eigenvalue weighted by molar-refractivity contribution is 7.91. The van der Waals surface area contributed by atoms with Gasteiger partial charge in [0.25, 0.3) is 0 Å². The minimum atomic E-state index is -3.34. The summed E-state index contributed by atoms with van der Waals surface area (Å²) >= 11 is 1.63. The van der Waals surface area contributed by atoms with E-state index in [2.05, 4.69) is 24.1 Å². The Hall–Kier alpha value is -1.75. The highest BCUT2D eigenvalue weighted by atomic mass is 32.2. The van der Waals surface area contributed by atoms with E-state index >= 15 is 0 Å². The summed E-state index contributed by atoms with van der Waals surface area (Å²) < 4.78 is 24.4. The van der Waals surface area contributed by atoms with Gasteiger partial charge in [-0.3, -0.25) is 0 Å². The number of nitriles is 1. The van der Waals surface area contributed by atoms with Crippen LogP contribution in [-0.2, 0) is 16.4 Å². The van der Waals surface area contributed by atoms with Gasteiger partial charge in [-0.25, -0.2) is 13.4 Å². The SMILES string of the molecule is CC(C)c1nc(CNCCS(=O)(=O)c2ccc(C#N)cc2)cs1. The molecule has 122 valence electrons. The molecule has 0 aliphatic carbocycles. The molecule has 0 bridgehead atoms. The predicted octanol–water partition coefficient (Wildman–Crippen LogP) is 2.70. The van der Waals surface area contributed by atoms with Crippen molar-refractivity contribution in [3.8, 4) is 6.07 Å². The van der Waals surface area contributed by atoms with Crippen LogP contribution in [0.3, 0.4) is 0 Å². The molecule has 0 atom stereocenters. The van der Waals surface area contributed by atoms with Crippen LogP contribution in [0.2, 0.25) is 0 Å². The number of rotatable bonds is 7. The Balaban J connectivity index is 1.85. The van der Waals surface area contributed by atoms with E-state index in [0.29, 0.717) is 24.6 Å². The number of benzene rings is 1. The van der Waals surface area contributed by atoms with Crippen LogP contribution >= 0.6 is 11.3 Å². The minimum Gasteiger partial charge on any atom is -0.310 e. The molecule has 0 saturated carbocycles. The average Bonchev–Trinajstić information content (AvgIpc) is 3.01. The fraction of sp³-hybridized carbons (Fsp3) is 0.375. The van der Waals surface area contributed by atoms with Gasteiger partial charge in [0.05, 0.1) is 33.0 Å². The van der Waals surface area contributed by atoms with Crippen molar-refractivity contribution < 1.29 is 8.42 Å². The third kappa shape index (κ3) is 4.86. The van der Waals surface area contributed by atoms with E-state index in [4.69, 9.17) is 5.26 Å². The van der Waals surface area contributed by atoms with Gasteiger partial charge in [0.15, 0.2) is 9.84 Å². The fourth-order valence-corrected chi connectivity index (χ4v) is 3.98. The summed E-state index contributed by atoms with van der Waals surface area (Å²) in [5.74, 6) is 0.422. The van der Waals surface area contributed by atoms with Crippen LogP contribution in [0.4, 0.5) is 0 Å². The summed E-state index contributed by atoms with van der Waals surface area (Å²) in [6.45, 7) is 5.11. The molecule has 2 rings (SSSR count). The zero-order chi connectivity index (χ0) is 16.9. The van der Waals surface area contributed by atoms with Crippen molar-refractivity contribution in [1.82, 2.24) is 10.3 Å². The summed E-state index contributed by atoms with van der Waals surface area (Å²) in [5.41, 5.74) is 1.39. The topological polar surface area (TPSA) is 82.8 Å². The van der Waals surface area contributed by atoms with Crippen molar-refractivity contribution in [2.75, 3.05) is 12.3 Å². The zero-order valence-corrected chi connectivity index (χ0v) is 14.7. The molecule has 0 aliphatic rings. The van der Waals surface area contributed by atoms with Gasteiger partial charge in [-0.05, 0) is 24.3 Å². The molecule has 0 saturated heterocycles. The van der Waals surface area contributed by atoms with E-state index in [9.17, 15) is 8.42 Å². The van der Waals surface area contributed by atoms with E-state index in [0.717, 1.165) is 10.7 Å². The van der Waals surface area contributed by atoms with Crippen molar-refractivity contribution >= 4 is 21.2 Å². The van der Waals surface area contributed by atoms with Crippen molar-refractivity contribution in [1.29, 1.82) is 5.26 Å². The van der Waals surface area contributed by atoms with Gasteiger partial charge in [0.1, 0.15) is 0 Å². The second-order valence-corrected chi connectivity index (χ2v) is 8.46. The van der Waals surface area contributed by atoms with Crippen LogP contribution in [0.15, 0.2) is 34.5 Å². The Morgan fingerprint density at radius 1 is 1.30 bits per heavy atom. The van der Waals surface area contributed by atoms with Crippen LogP contribution in [0.25, 0.3) is 0 Å². The number of hydrogen-bond acceptors (Lipinski definition) is 6. The van der Waals surface area contributed by atoms with Crippen molar-refractivity contribution in [2.45, 2.75) is 31.2 Å². The van der Waals surface area contributed by atoms with Crippen LogP contribution in [0, 0.1) is 11.3 Å². The van der Waals surface area contributed by atoms with Crippen molar-refractivity contribution in [3.05, 3.63) is 45.9 Å². The van der Waals surface area contributed by atoms with Crippen molar-refractivity contribution in [2.24, 2.45) is 0 Å². The van der Waals surface area contributed by atoms with E-state index < -0.39 is 9.84 Å². The third-order valence-corrected chi connectivity index (χ3v) is 6.19. The van der Waals surface area contributed by atoms with Gasteiger partial charge >= 0.3 is 0 Å². The maximum atomic E-state index is 12.2. The summed E-state index contributed by atoms with van der Waals surface area (Å²) in [7, 11) is -3.34. The quantitative estimate of drug-likeness (QED) is 0.777. The highest BCUT2D eigenvalue weighted by Crippen LogP contribution is 2.19. The Bertz CT molecular complexity index is 787. The number of nitrogens with zero attached hydrogens (tertiary/aromatic N) is 2. The maximum absolute atomic E-state index is 12.2. The Labute approximate surface area is 140 Å². The first kappa shape index (κ1) is 17.6. The monoisotopic (exact) mass is 349 g/mol. The molecule has 0 fully saturated rings. The molecule has 1 aromatic carbocycles. The summed E-state index contributed by atoms with van der Waals surface area (Å²) in [5, 5.41) is 14.9. The first-order valence-corrected chi connectivity index (χ1v) is 9.83. The summed E-state index contributed by atoms with van der Waals surface area (Å²) in [6.07, 6.45) is 0. The molecule has 0 spiro atoms. The van der Waals surface area contributed by atoms with E-state index in [1.807, 2.05) is 11.4 Å². The lowest BCUT2D eigenvalue weighted by Crippen LogP contribution is -2.23. The maximum Gasteiger partial charge on any atom is 0.179 e. The molecular weight excluding hydrogens is 330 g/mol. The molecule has 1 aromatic heterocycles. The number of thiazole rings is 1. The molecule has 23 heavy (non-hydrogen) atoms. The lowest BCUT2D eigenvalue weighted by Gasteiger charge is -2.05. The first-order valence-electron chi connectivity index (χ1n) is 7.30. The molecule has 0 radical (unpaired) electrons. The molecule has 0 amide bonds. The molecule has 2 aromatic rings. The zero-order valence-electron chi connectivity index (χ0n) is 13.1. The van der Waals surface area contributed by atoms with Gasteiger partial charge < -0.3 is 5.32 Å². The molecule has 0 aliphatic heterocycles.